The molecule has 0 fully saturated rings. The molecule has 1 unspecified atom stereocenters. The van der Waals surface area contributed by atoms with Gasteiger partial charge in [0.2, 0.25) is 0 Å². The van der Waals surface area contributed by atoms with Crippen LogP contribution in [0, 0.1) is 5.82 Å². The average molecular weight is 255 g/mol. The third-order valence-electron chi connectivity index (χ3n) is 2.69. The van der Waals surface area contributed by atoms with Gasteiger partial charge in [-0.25, -0.2) is 4.39 Å². The third-order valence-corrected chi connectivity index (χ3v) is 3.05. The molecule has 2 rings (SSSR count). The molecule has 0 radical (unpaired) electrons. The smallest absolute Gasteiger partial charge is 0.123 e. The van der Waals surface area contributed by atoms with Crippen molar-refractivity contribution < 1.29 is 13.9 Å². The van der Waals surface area contributed by atoms with E-state index in [-0.39, 0.29) is 12.2 Å². The number of hydrogen-bond donors (Lipinski definition) is 1. The van der Waals surface area contributed by atoms with Crippen molar-refractivity contribution in [1.29, 1.82) is 0 Å². The second kappa shape index (κ2) is 4.51. The summed E-state index contributed by atoms with van der Waals surface area (Å²) in [4.78, 5) is 0. The van der Waals surface area contributed by atoms with E-state index in [2.05, 4.69) is 0 Å². The first-order chi connectivity index (χ1) is 7.99. The molecule has 0 bridgehead atoms. The van der Waals surface area contributed by atoms with Crippen molar-refractivity contribution >= 4 is 11.6 Å². The van der Waals surface area contributed by atoms with Crippen LogP contribution in [0.5, 0.6) is 0 Å². The summed E-state index contributed by atoms with van der Waals surface area (Å²) in [5.74, 6) is -0.368. The second-order valence-corrected chi connectivity index (χ2v) is 4.61. The average Bonchev–Trinajstić information content (AvgIpc) is 2.77. The normalized spacial score (nSPS) is 14.6. The zero-order valence-electron chi connectivity index (χ0n) is 9.28. The molecule has 1 heterocycles. The van der Waals surface area contributed by atoms with Gasteiger partial charge in [-0.2, -0.15) is 0 Å². The summed E-state index contributed by atoms with van der Waals surface area (Å²) >= 11 is 5.96. The van der Waals surface area contributed by atoms with Gasteiger partial charge < -0.3 is 9.52 Å². The van der Waals surface area contributed by atoms with Crippen LogP contribution < -0.4 is 0 Å². The van der Waals surface area contributed by atoms with Crippen molar-refractivity contribution in [2.45, 2.75) is 18.9 Å². The Labute approximate surface area is 104 Å². The number of hydrogen-bond acceptors (Lipinski definition) is 2. The largest absolute Gasteiger partial charge is 0.472 e. The predicted molar refractivity (Wildman–Crippen MR) is 63.4 cm³/mol. The molecule has 0 saturated heterocycles. The Morgan fingerprint density at radius 3 is 2.82 bits per heavy atom. The van der Waals surface area contributed by atoms with Crippen molar-refractivity contribution in [1.82, 2.24) is 0 Å². The lowest BCUT2D eigenvalue weighted by molar-refractivity contribution is 0.0569. The van der Waals surface area contributed by atoms with Crippen LogP contribution in [0.2, 0.25) is 5.02 Å². The Morgan fingerprint density at radius 2 is 2.18 bits per heavy atom. The van der Waals surface area contributed by atoms with Crippen molar-refractivity contribution in [3.8, 4) is 0 Å². The van der Waals surface area contributed by atoms with Crippen LogP contribution in [0.25, 0.3) is 0 Å². The van der Waals surface area contributed by atoms with Crippen LogP contribution in [0.4, 0.5) is 4.39 Å². The van der Waals surface area contributed by atoms with Crippen LogP contribution >= 0.6 is 11.6 Å². The third kappa shape index (κ3) is 2.68. The molecule has 0 spiro atoms. The van der Waals surface area contributed by atoms with Gasteiger partial charge in [0, 0.05) is 17.0 Å². The summed E-state index contributed by atoms with van der Waals surface area (Å²) in [6.07, 6.45) is 3.17. The van der Waals surface area contributed by atoms with E-state index >= 15 is 0 Å². The van der Waals surface area contributed by atoms with Gasteiger partial charge >= 0.3 is 0 Å². The van der Waals surface area contributed by atoms with Crippen LogP contribution in [0.3, 0.4) is 0 Å². The number of benzene rings is 1. The van der Waals surface area contributed by atoms with Crippen LogP contribution in [-0.4, -0.2) is 5.11 Å². The Morgan fingerprint density at radius 1 is 1.41 bits per heavy atom. The zero-order chi connectivity index (χ0) is 12.5. The van der Waals surface area contributed by atoms with Crippen LogP contribution in [0.15, 0.2) is 41.2 Å². The highest BCUT2D eigenvalue weighted by molar-refractivity contribution is 6.31. The van der Waals surface area contributed by atoms with Crippen molar-refractivity contribution in [2.75, 3.05) is 0 Å². The van der Waals surface area contributed by atoms with Crippen molar-refractivity contribution in [3.05, 3.63) is 58.8 Å². The molecule has 0 aliphatic heterocycles. The van der Waals surface area contributed by atoms with Crippen molar-refractivity contribution in [3.63, 3.8) is 0 Å². The molecule has 0 aliphatic carbocycles. The maximum absolute atomic E-state index is 13.1. The Balaban J connectivity index is 2.29. The molecule has 0 amide bonds. The Hall–Kier alpha value is -1.32. The maximum Gasteiger partial charge on any atom is 0.123 e. The second-order valence-electron chi connectivity index (χ2n) is 4.20. The van der Waals surface area contributed by atoms with Gasteiger partial charge in [0.1, 0.15) is 5.82 Å². The lowest BCUT2D eigenvalue weighted by Crippen LogP contribution is -2.23. The minimum Gasteiger partial charge on any atom is -0.472 e. The lowest BCUT2D eigenvalue weighted by atomic mass is 9.91. The maximum atomic E-state index is 13.1. The molecule has 90 valence electrons. The standard InChI is InChI=1S/C13H12ClFO2/c1-13(16,10-4-5-17-8-10)7-9-6-11(15)2-3-12(9)14/h2-6,8,16H,7H2,1H3. The first-order valence-corrected chi connectivity index (χ1v) is 5.56. The number of halogens is 2. The van der Waals surface area contributed by atoms with E-state index in [0.29, 0.717) is 16.1 Å². The molecule has 4 heteroatoms. The number of rotatable bonds is 3. The van der Waals surface area contributed by atoms with Gasteiger partial charge in [-0.3, -0.25) is 0 Å². The predicted octanol–water partition coefficient (Wildman–Crippen LogP) is 3.52. The lowest BCUT2D eigenvalue weighted by Gasteiger charge is -2.22. The zero-order valence-corrected chi connectivity index (χ0v) is 10.0. The van der Waals surface area contributed by atoms with Gasteiger partial charge in [-0.1, -0.05) is 11.6 Å². The molecule has 2 nitrogen and oxygen atoms in total. The summed E-state index contributed by atoms with van der Waals surface area (Å²) in [6, 6.07) is 5.78. The number of aliphatic hydroxyl groups is 1. The Kier molecular flexibility index (Phi) is 3.22. The molecule has 17 heavy (non-hydrogen) atoms. The van der Waals surface area contributed by atoms with Gasteiger partial charge in [-0.05, 0) is 36.8 Å². The number of furan rings is 1. The molecule has 1 atom stereocenters. The minimum atomic E-state index is -1.13. The fourth-order valence-corrected chi connectivity index (χ4v) is 1.91. The molecular formula is C13H12ClFO2. The summed E-state index contributed by atoms with van der Waals surface area (Å²) in [7, 11) is 0. The molecule has 1 N–H and O–H groups in total. The minimum absolute atomic E-state index is 0.225. The summed E-state index contributed by atoms with van der Waals surface area (Å²) in [6.45, 7) is 1.64. The molecular weight excluding hydrogens is 243 g/mol. The van der Waals surface area contributed by atoms with E-state index < -0.39 is 5.60 Å². The first-order valence-electron chi connectivity index (χ1n) is 5.18. The molecule has 0 aliphatic rings. The SMILES string of the molecule is CC(O)(Cc1cc(F)ccc1Cl)c1ccoc1. The van der Waals surface area contributed by atoms with E-state index in [9.17, 15) is 9.50 Å². The van der Waals surface area contributed by atoms with E-state index in [1.54, 1.807) is 13.0 Å². The van der Waals surface area contributed by atoms with Gasteiger partial charge in [0.25, 0.3) is 0 Å². The Bertz CT molecular complexity index is 506. The fraction of sp³-hybridized carbons (Fsp3) is 0.231. The van der Waals surface area contributed by atoms with Crippen LogP contribution in [0.1, 0.15) is 18.1 Å². The monoisotopic (exact) mass is 254 g/mol. The highest BCUT2D eigenvalue weighted by atomic mass is 35.5. The highest BCUT2D eigenvalue weighted by Crippen LogP contribution is 2.29. The summed E-state index contributed by atoms with van der Waals surface area (Å²) in [5, 5.41) is 10.7. The molecule has 2 aromatic rings. The fourth-order valence-electron chi connectivity index (χ4n) is 1.72. The first kappa shape index (κ1) is 12.1. The van der Waals surface area contributed by atoms with Gasteiger partial charge in [0.15, 0.2) is 0 Å². The van der Waals surface area contributed by atoms with Gasteiger partial charge in [-0.15, -0.1) is 0 Å². The van der Waals surface area contributed by atoms with Crippen LogP contribution in [-0.2, 0) is 12.0 Å². The quantitative estimate of drug-likeness (QED) is 0.909. The van der Waals surface area contributed by atoms with E-state index in [1.165, 1.54) is 30.7 Å². The topological polar surface area (TPSA) is 33.4 Å². The van der Waals surface area contributed by atoms with Gasteiger partial charge in [0.05, 0.1) is 18.1 Å². The molecule has 1 aromatic heterocycles. The van der Waals surface area contributed by atoms with E-state index in [1.807, 2.05) is 0 Å². The molecule has 1 aromatic carbocycles. The van der Waals surface area contributed by atoms with E-state index in [0.717, 1.165) is 0 Å². The van der Waals surface area contributed by atoms with Crippen molar-refractivity contribution in [2.24, 2.45) is 0 Å². The summed E-state index contributed by atoms with van der Waals surface area (Å²) in [5.41, 5.74) is 0.0699. The van der Waals surface area contributed by atoms with E-state index in [4.69, 9.17) is 16.0 Å². The summed E-state index contributed by atoms with van der Waals surface area (Å²) < 4.78 is 18.0. The highest BCUT2D eigenvalue weighted by Gasteiger charge is 2.25. The molecule has 0 saturated carbocycles.